The molecule has 5 heteroatoms. The Labute approximate surface area is 123 Å². The van der Waals surface area contributed by atoms with Crippen LogP contribution in [0.3, 0.4) is 0 Å². The molecule has 1 unspecified atom stereocenters. The first-order chi connectivity index (χ1) is 8.98. The summed E-state index contributed by atoms with van der Waals surface area (Å²) in [5.74, 6) is -1.38. The van der Waals surface area contributed by atoms with Crippen LogP contribution in [-0.4, -0.2) is 16.2 Å². The highest BCUT2D eigenvalue weighted by Gasteiger charge is 2.41. The van der Waals surface area contributed by atoms with E-state index in [9.17, 15) is 15.0 Å². The van der Waals surface area contributed by atoms with Crippen molar-refractivity contribution in [3.8, 4) is 0 Å². The average Bonchev–Trinajstić information content (AvgIpc) is 2.42. The molecule has 0 amide bonds. The third kappa shape index (κ3) is 2.39. The molecule has 0 aliphatic carbocycles. The molecule has 0 radical (unpaired) electrons. The summed E-state index contributed by atoms with van der Waals surface area (Å²) >= 11 is 9.33. The predicted octanol–water partition coefficient (Wildman–Crippen LogP) is 3.42. The number of aliphatic carboxylic acids is 1. The molecule has 19 heavy (non-hydrogen) atoms. The topological polar surface area (TPSA) is 57.5 Å². The van der Waals surface area contributed by atoms with Crippen LogP contribution in [0.25, 0.3) is 0 Å². The summed E-state index contributed by atoms with van der Waals surface area (Å²) in [6, 6.07) is 13.0. The summed E-state index contributed by atoms with van der Waals surface area (Å²) in [6.45, 7) is 0. The minimum Gasteiger partial charge on any atom is -0.479 e. The van der Waals surface area contributed by atoms with Crippen molar-refractivity contribution in [2.45, 2.75) is 5.60 Å². The number of hydrogen-bond donors (Lipinski definition) is 2. The van der Waals surface area contributed by atoms with Crippen LogP contribution in [0.5, 0.6) is 0 Å². The fraction of sp³-hybridized carbons (Fsp3) is 0.0714. The van der Waals surface area contributed by atoms with E-state index in [0.717, 1.165) is 0 Å². The van der Waals surface area contributed by atoms with Crippen LogP contribution in [0.1, 0.15) is 11.1 Å². The Morgan fingerprint density at radius 2 is 1.74 bits per heavy atom. The Kier molecular flexibility index (Phi) is 3.94. The van der Waals surface area contributed by atoms with E-state index in [0.29, 0.717) is 4.47 Å². The van der Waals surface area contributed by atoms with Gasteiger partial charge in [-0.15, -0.1) is 0 Å². The molecule has 1 atom stereocenters. The molecule has 2 aromatic rings. The highest BCUT2D eigenvalue weighted by Crippen LogP contribution is 2.37. The van der Waals surface area contributed by atoms with Crippen LogP contribution in [0.4, 0.5) is 0 Å². The van der Waals surface area contributed by atoms with Crippen molar-refractivity contribution >= 4 is 33.5 Å². The molecule has 0 saturated carbocycles. The van der Waals surface area contributed by atoms with Gasteiger partial charge in [0, 0.05) is 10.0 Å². The van der Waals surface area contributed by atoms with Gasteiger partial charge in [0.2, 0.25) is 5.60 Å². The van der Waals surface area contributed by atoms with E-state index < -0.39 is 11.6 Å². The Hall–Kier alpha value is -1.36. The lowest BCUT2D eigenvalue weighted by Gasteiger charge is -2.25. The smallest absolute Gasteiger partial charge is 0.345 e. The van der Waals surface area contributed by atoms with Crippen LogP contribution in [0.2, 0.25) is 5.02 Å². The molecule has 0 fully saturated rings. The molecule has 2 rings (SSSR count). The lowest BCUT2D eigenvalue weighted by Crippen LogP contribution is -2.37. The molecule has 2 aromatic carbocycles. The van der Waals surface area contributed by atoms with Crippen molar-refractivity contribution in [1.29, 1.82) is 0 Å². The molecule has 2 N–H and O–H groups in total. The maximum atomic E-state index is 11.6. The van der Waals surface area contributed by atoms with Crippen molar-refractivity contribution in [2.75, 3.05) is 0 Å². The second-order valence-electron chi connectivity index (χ2n) is 3.98. The normalized spacial score (nSPS) is 13.8. The van der Waals surface area contributed by atoms with E-state index in [2.05, 4.69) is 15.9 Å². The predicted molar refractivity (Wildman–Crippen MR) is 76.2 cm³/mol. The molecule has 0 aliphatic heterocycles. The quantitative estimate of drug-likeness (QED) is 0.899. The fourth-order valence-corrected chi connectivity index (χ4v) is 2.49. The van der Waals surface area contributed by atoms with E-state index in [-0.39, 0.29) is 16.1 Å². The molecule has 0 saturated heterocycles. The lowest BCUT2D eigenvalue weighted by molar-refractivity contribution is -0.155. The van der Waals surface area contributed by atoms with E-state index in [1.165, 1.54) is 6.07 Å². The van der Waals surface area contributed by atoms with E-state index in [4.69, 9.17) is 11.6 Å². The first-order valence-corrected chi connectivity index (χ1v) is 6.60. The molecule has 0 aromatic heterocycles. The molecule has 0 heterocycles. The minimum absolute atomic E-state index is 0.127. The molecule has 3 nitrogen and oxygen atoms in total. The van der Waals surface area contributed by atoms with Gasteiger partial charge in [-0.1, -0.05) is 54.1 Å². The van der Waals surface area contributed by atoms with Gasteiger partial charge in [-0.25, -0.2) is 4.79 Å². The zero-order valence-corrected chi connectivity index (χ0v) is 12.0. The van der Waals surface area contributed by atoms with Gasteiger partial charge in [-0.3, -0.25) is 0 Å². The summed E-state index contributed by atoms with van der Waals surface area (Å²) in [4.78, 5) is 11.6. The van der Waals surface area contributed by atoms with E-state index >= 15 is 0 Å². The number of hydrogen-bond acceptors (Lipinski definition) is 2. The first-order valence-electron chi connectivity index (χ1n) is 5.43. The molecule has 0 spiro atoms. The van der Waals surface area contributed by atoms with Gasteiger partial charge in [-0.2, -0.15) is 0 Å². The number of rotatable bonds is 3. The summed E-state index contributed by atoms with van der Waals surface area (Å²) in [6.07, 6.45) is 0. The Morgan fingerprint density at radius 3 is 2.32 bits per heavy atom. The third-order valence-electron chi connectivity index (χ3n) is 2.84. The van der Waals surface area contributed by atoms with Crippen LogP contribution in [-0.2, 0) is 10.4 Å². The third-order valence-corrected chi connectivity index (χ3v) is 4.14. The highest BCUT2D eigenvalue weighted by atomic mass is 79.9. The SMILES string of the molecule is O=C(O)C(O)(c1ccccc1)c1cccc(Br)c1Cl. The van der Waals surface area contributed by atoms with Crippen LogP contribution >= 0.6 is 27.5 Å². The van der Waals surface area contributed by atoms with Gasteiger partial charge in [0.25, 0.3) is 0 Å². The number of carbonyl (C=O) groups is 1. The van der Waals surface area contributed by atoms with Gasteiger partial charge < -0.3 is 10.2 Å². The molecular formula is C14H10BrClO3. The maximum absolute atomic E-state index is 11.6. The molecular weight excluding hydrogens is 332 g/mol. The minimum atomic E-state index is -2.18. The highest BCUT2D eigenvalue weighted by molar-refractivity contribution is 9.10. The molecule has 98 valence electrons. The first kappa shape index (κ1) is 14.1. The zero-order chi connectivity index (χ0) is 14.0. The van der Waals surface area contributed by atoms with Crippen LogP contribution in [0.15, 0.2) is 53.0 Å². The van der Waals surface area contributed by atoms with E-state index in [1.807, 2.05) is 0 Å². The Balaban J connectivity index is 2.71. The van der Waals surface area contributed by atoms with Gasteiger partial charge in [0.1, 0.15) is 0 Å². The largest absolute Gasteiger partial charge is 0.479 e. The standard InChI is InChI=1S/C14H10BrClO3/c15-11-8-4-7-10(12(11)16)14(19,13(17)18)9-5-2-1-3-6-9/h1-8,19H,(H,17,18). The van der Waals surface area contributed by atoms with Crippen molar-refractivity contribution in [1.82, 2.24) is 0 Å². The fourth-order valence-electron chi connectivity index (χ4n) is 1.86. The maximum Gasteiger partial charge on any atom is 0.345 e. The molecule has 0 aliphatic rings. The summed E-state index contributed by atoms with van der Waals surface area (Å²) in [5, 5.41) is 20.2. The number of carboxylic acids is 1. The van der Waals surface area contributed by atoms with Crippen molar-refractivity contribution < 1.29 is 15.0 Å². The van der Waals surface area contributed by atoms with Crippen molar-refractivity contribution in [3.63, 3.8) is 0 Å². The van der Waals surface area contributed by atoms with Crippen LogP contribution in [0, 0.1) is 0 Å². The van der Waals surface area contributed by atoms with Gasteiger partial charge >= 0.3 is 5.97 Å². The summed E-state index contributed by atoms with van der Waals surface area (Å²) in [5.41, 5.74) is -1.80. The number of carboxylic acid groups (broad SMARTS) is 1. The van der Waals surface area contributed by atoms with Crippen LogP contribution < -0.4 is 0 Å². The summed E-state index contributed by atoms with van der Waals surface area (Å²) < 4.78 is 0.530. The monoisotopic (exact) mass is 340 g/mol. The van der Waals surface area contributed by atoms with Gasteiger partial charge in [0.15, 0.2) is 0 Å². The van der Waals surface area contributed by atoms with Gasteiger partial charge in [-0.05, 0) is 27.6 Å². The summed E-state index contributed by atoms with van der Waals surface area (Å²) in [7, 11) is 0. The van der Waals surface area contributed by atoms with Crippen molar-refractivity contribution in [3.05, 3.63) is 69.2 Å². The lowest BCUT2D eigenvalue weighted by atomic mass is 9.86. The Morgan fingerprint density at radius 1 is 1.11 bits per heavy atom. The van der Waals surface area contributed by atoms with Crippen molar-refractivity contribution in [2.24, 2.45) is 0 Å². The van der Waals surface area contributed by atoms with Gasteiger partial charge in [0.05, 0.1) is 5.02 Å². The zero-order valence-electron chi connectivity index (χ0n) is 9.68. The second-order valence-corrected chi connectivity index (χ2v) is 5.22. The Bertz CT molecular complexity index is 615. The second kappa shape index (κ2) is 5.33. The molecule has 0 bridgehead atoms. The number of aliphatic hydroxyl groups is 1. The average molecular weight is 342 g/mol. The van der Waals surface area contributed by atoms with E-state index in [1.54, 1.807) is 42.5 Å². The number of halogens is 2. The number of benzene rings is 2.